The van der Waals surface area contributed by atoms with Crippen LogP contribution in [0.15, 0.2) is 12.1 Å². The molecule has 0 bridgehead atoms. The van der Waals surface area contributed by atoms with Crippen molar-refractivity contribution in [3.05, 3.63) is 23.5 Å². The Balaban J connectivity index is 3.18. The summed E-state index contributed by atoms with van der Waals surface area (Å²) in [4.78, 5) is 0. The fraction of sp³-hybridized carbons (Fsp3) is 0.250. The number of halogens is 1. The molecule has 12 heavy (non-hydrogen) atoms. The van der Waals surface area contributed by atoms with Gasteiger partial charge in [0, 0.05) is 12.1 Å². The average Bonchev–Trinajstić information content (AvgIpc) is 2.03. The molecule has 0 atom stereocenters. The van der Waals surface area contributed by atoms with Crippen LogP contribution in [-0.4, -0.2) is 17.3 Å². The third kappa shape index (κ3) is 1.48. The van der Waals surface area contributed by atoms with Gasteiger partial charge in [-0.1, -0.05) is 0 Å². The van der Waals surface area contributed by atoms with Crippen LogP contribution in [0.4, 0.5) is 4.39 Å². The number of ether oxygens (including phenoxy) is 1. The van der Waals surface area contributed by atoms with Gasteiger partial charge in [0.15, 0.2) is 0 Å². The van der Waals surface area contributed by atoms with Crippen molar-refractivity contribution < 1.29 is 19.3 Å². The Bertz CT molecular complexity index is 263. The molecule has 1 aromatic rings. The van der Waals surface area contributed by atoms with Crippen molar-refractivity contribution in [3.8, 4) is 11.5 Å². The number of aliphatic hydroxyl groups excluding tert-OH is 1. The highest BCUT2D eigenvalue weighted by Gasteiger charge is 2.08. The number of aliphatic hydroxyl groups is 1. The second-order valence-electron chi connectivity index (χ2n) is 2.27. The van der Waals surface area contributed by atoms with E-state index in [9.17, 15) is 4.39 Å². The van der Waals surface area contributed by atoms with Crippen molar-refractivity contribution in [1.29, 1.82) is 0 Å². The van der Waals surface area contributed by atoms with E-state index in [0.29, 0.717) is 0 Å². The van der Waals surface area contributed by atoms with E-state index in [2.05, 4.69) is 0 Å². The Morgan fingerprint density at radius 1 is 1.50 bits per heavy atom. The largest absolute Gasteiger partial charge is 0.507 e. The zero-order valence-electron chi connectivity index (χ0n) is 6.54. The molecule has 0 amide bonds. The lowest BCUT2D eigenvalue weighted by atomic mass is 10.2. The van der Waals surface area contributed by atoms with Crippen LogP contribution < -0.4 is 4.74 Å². The normalized spacial score (nSPS) is 9.92. The van der Waals surface area contributed by atoms with Gasteiger partial charge in [-0.05, 0) is 0 Å². The molecule has 66 valence electrons. The molecular weight excluding hydrogens is 163 g/mol. The zero-order valence-corrected chi connectivity index (χ0v) is 6.54. The van der Waals surface area contributed by atoms with Crippen molar-refractivity contribution in [2.24, 2.45) is 0 Å². The van der Waals surface area contributed by atoms with E-state index >= 15 is 0 Å². The van der Waals surface area contributed by atoms with Crippen molar-refractivity contribution in [2.75, 3.05) is 7.11 Å². The maximum Gasteiger partial charge on any atom is 0.136 e. The third-order valence-corrected chi connectivity index (χ3v) is 1.54. The van der Waals surface area contributed by atoms with Gasteiger partial charge in [0.25, 0.3) is 0 Å². The first-order chi connectivity index (χ1) is 5.69. The first-order valence-electron chi connectivity index (χ1n) is 3.35. The lowest BCUT2D eigenvalue weighted by Gasteiger charge is -2.05. The molecule has 0 heterocycles. The smallest absolute Gasteiger partial charge is 0.136 e. The molecule has 1 aromatic carbocycles. The van der Waals surface area contributed by atoms with Gasteiger partial charge in [0.1, 0.15) is 17.3 Å². The Kier molecular flexibility index (Phi) is 2.50. The van der Waals surface area contributed by atoms with Crippen LogP contribution in [0.1, 0.15) is 5.56 Å². The minimum absolute atomic E-state index is 0.115. The number of phenols is 1. The maximum absolute atomic E-state index is 12.9. The second-order valence-corrected chi connectivity index (χ2v) is 2.27. The molecule has 0 aliphatic heterocycles. The van der Waals surface area contributed by atoms with Gasteiger partial charge in [-0.25, -0.2) is 4.39 Å². The molecule has 3 nitrogen and oxygen atoms in total. The molecule has 0 unspecified atom stereocenters. The van der Waals surface area contributed by atoms with E-state index < -0.39 is 12.4 Å². The van der Waals surface area contributed by atoms with E-state index in [0.717, 1.165) is 6.07 Å². The van der Waals surface area contributed by atoms with Gasteiger partial charge < -0.3 is 14.9 Å². The van der Waals surface area contributed by atoms with Crippen LogP contribution in [0.25, 0.3) is 0 Å². The van der Waals surface area contributed by atoms with Crippen LogP contribution in [0.2, 0.25) is 0 Å². The van der Waals surface area contributed by atoms with Crippen molar-refractivity contribution in [3.63, 3.8) is 0 Å². The summed E-state index contributed by atoms with van der Waals surface area (Å²) in [5.74, 6) is -0.745. The Labute approximate surface area is 69.0 Å². The van der Waals surface area contributed by atoms with E-state index in [1.54, 1.807) is 0 Å². The standard InChI is InChI=1S/C8H9FO3/c1-12-5-2-7(9)6(4-10)8(11)3-5/h2-3,10-11H,4H2,1H3. The van der Waals surface area contributed by atoms with Gasteiger partial charge in [-0.15, -0.1) is 0 Å². The monoisotopic (exact) mass is 172 g/mol. The number of benzene rings is 1. The molecule has 0 saturated carbocycles. The lowest BCUT2D eigenvalue weighted by Crippen LogP contribution is -1.92. The van der Waals surface area contributed by atoms with Crippen LogP contribution >= 0.6 is 0 Å². The van der Waals surface area contributed by atoms with Crippen molar-refractivity contribution >= 4 is 0 Å². The van der Waals surface area contributed by atoms with Crippen molar-refractivity contribution in [2.45, 2.75) is 6.61 Å². The highest BCUT2D eigenvalue weighted by atomic mass is 19.1. The van der Waals surface area contributed by atoms with Crippen molar-refractivity contribution in [1.82, 2.24) is 0 Å². The molecule has 0 fully saturated rings. The minimum Gasteiger partial charge on any atom is -0.507 e. The SMILES string of the molecule is COc1cc(O)c(CO)c(F)c1. The van der Waals surface area contributed by atoms with Gasteiger partial charge in [0.05, 0.1) is 19.3 Å². The summed E-state index contributed by atoms with van der Waals surface area (Å²) in [5.41, 5.74) is -0.115. The summed E-state index contributed by atoms with van der Waals surface area (Å²) >= 11 is 0. The average molecular weight is 172 g/mol. The zero-order chi connectivity index (χ0) is 9.14. The summed E-state index contributed by atoms with van der Waals surface area (Å²) in [6, 6.07) is 2.35. The number of hydrogen-bond acceptors (Lipinski definition) is 3. The fourth-order valence-corrected chi connectivity index (χ4v) is 0.872. The quantitative estimate of drug-likeness (QED) is 0.700. The second kappa shape index (κ2) is 3.40. The molecule has 4 heteroatoms. The van der Waals surface area contributed by atoms with Gasteiger partial charge in [0.2, 0.25) is 0 Å². The summed E-state index contributed by atoms with van der Waals surface area (Å²) in [6.45, 7) is -0.526. The first kappa shape index (κ1) is 8.80. The van der Waals surface area contributed by atoms with Gasteiger partial charge >= 0.3 is 0 Å². The summed E-state index contributed by atoms with van der Waals surface area (Å²) in [7, 11) is 1.37. The Morgan fingerprint density at radius 2 is 2.17 bits per heavy atom. The van der Waals surface area contributed by atoms with Crippen LogP contribution in [0, 0.1) is 5.82 Å². The first-order valence-corrected chi connectivity index (χ1v) is 3.35. The summed E-state index contributed by atoms with van der Waals surface area (Å²) in [6.07, 6.45) is 0. The highest BCUT2D eigenvalue weighted by molar-refractivity contribution is 5.40. The van der Waals surface area contributed by atoms with E-state index in [1.807, 2.05) is 0 Å². The molecule has 1 rings (SSSR count). The summed E-state index contributed by atoms with van der Waals surface area (Å²) in [5, 5.41) is 17.7. The van der Waals surface area contributed by atoms with E-state index in [-0.39, 0.29) is 17.1 Å². The minimum atomic E-state index is -0.672. The van der Waals surface area contributed by atoms with Gasteiger partial charge in [-0.2, -0.15) is 0 Å². The van der Waals surface area contributed by atoms with Gasteiger partial charge in [-0.3, -0.25) is 0 Å². The molecule has 0 saturated heterocycles. The van der Waals surface area contributed by atoms with E-state index in [1.165, 1.54) is 13.2 Å². The third-order valence-electron chi connectivity index (χ3n) is 1.54. The molecule has 0 aromatic heterocycles. The highest BCUT2D eigenvalue weighted by Crippen LogP contribution is 2.26. The molecule has 2 N–H and O–H groups in total. The number of hydrogen-bond donors (Lipinski definition) is 2. The molecule has 0 aliphatic carbocycles. The molecular formula is C8H9FO3. The predicted molar refractivity (Wildman–Crippen MR) is 40.5 cm³/mol. The predicted octanol–water partition coefficient (Wildman–Crippen LogP) is 1.03. The Hall–Kier alpha value is -1.29. The lowest BCUT2D eigenvalue weighted by molar-refractivity contribution is 0.268. The maximum atomic E-state index is 12.9. The molecule has 0 aliphatic rings. The van der Waals surface area contributed by atoms with Crippen LogP contribution in [0.3, 0.4) is 0 Å². The van der Waals surface area contributed by atoms with Crippen LogP contribution in [-0.2, 0) is 6.61 Å². The van der Waals surface area contributed by atoms with E-state index in [4.69, 9.17) is 14.9 Å². The Morgan fingerprint density at radius 3 is 2.58 bits per heavy atom. The topological polar surface area (TPSA) is 49.7 Å². The fourth-order valence-electron chi connectivity index (χ4n) is 0.872. The molecule has 0 spiro atoms. The van der Waals surface area contributed by atoms with Crippen LogP contribution in [0.5, 0.6) is 11.5 Å². The number of rotatable bonds is 2. The number of aromatic hydroxyl groups is 1. The summed E-state index contributed by atoms with van der Waals surface area (Å²) < 4.78 is 17.6. The number of methoxy groups -OCH3 is 1. The molecule has 0 radical (unpaired) electrons.